The number of amides is 2. The molecule has 6 nitrogen and oxygen atoms in total. The van der Waals surface area contributed by atoms with E-state index in [2.05, 4.69) is 10.6 Å². The molecule has 3 rings (SSSR count). The zero-order chi connectivity index (χ0) is 23.6. The lowest BCUT2D eigenvalue weighted by Crippen LogP contribution is -2.31. The van der Waals surface area contributed by atoms with Crippen molar-refractivity contribution in [1.29, 1.82) is 0 Å². The van der Waals surface area contributed by atoms with E-state index in [4.69, 9.17) is 21.1 Å². The Hall–Kier alpha value is -3.51. The molecule has 2 amide bonds. The molecule has 3 aromatic rings. The Morgan fingerprint density at radius 1 is 0.909 bits per heavy atom. The highest BCUT2D eigenvalue weighted by molar-refractivity contribution is 6.33. The van der Waals surface area contributed by atoms with Gasteiger partial charge in [0.1, 0.15) is 11.5 Å². The molecule has 0 spiro atoms. The van der Waals surface area contributed by atoms with Crippen LogP contribution in [0.3, 0.4) is 0 Å². The molecule has 0 saturated carbocycles. The summed E-state index contributed by atoms with van der Waals surface area (Å²) in [4.78, 5) is 25.9. The third-order valence-corrected chi connectivity index (χ3v) is 5.18. The highest BCUT2D eigenvalue weighted by atomic mass is 35.5. The zero-order valence-corrected chi connectivity index (χ0v) is 19.4. The monoisotopic (exact) mass is 466 g/mol. The van der Waals surface area contributed by atoms with Crippen LogP contribution in [0, 0.1) is 0 Å². The predicted octanol–water partition coefficient (Wildman–Crippen LogP) is 5.64. The fourth-order valence-electron chi connectivity index (χ4n) is 3.35. The van der Waals surface area contributed by atoms with Crippen LogP contribution in [0.2, 0.25) is 5.02 Å². The molecule has 172 valence electrons. The number of benzene rings is 3. The van der Waals surface area contributed by atoms with Crippen LogP contribution in [-0.4, -0.2) is 25.0 Å². The maximum absolute atomic E-state index is 13.0. The molecular formula is C26H27ClN2O4. The summed E-state index contributed by atoms with van der Waals surface area (Å²) in [5, 5.41) is 6.18. The molecular weight excluding hydrogens is 440 g/mol. The molecule has 0 bridgehead atoms. The van der Waals surface area contributed by atoms with Gasteiger partial charge in [-0.3, -0.25) is 9.59 Å². The van der Waals surface area contributed by atoms with Crippen LogP contribution in [-0.2, 0) is 4.79 Å². The van der Waals surface area contributed by atoms with Gasteiger partial charge >= 0.3 is 0 Å². The first-order valence-electron chi connectivity index (χ1n) is 10.8. The smallest absolute Gasteiger partial charge is 0.253 e. The van der Waals surface area contributed by atoms with Crippen molar-refractivity contribution in [3.8, 4) is 11.5 Å². The van der Waals surface area contributed by atoms with Crippen LogP contribution in [0.5, 0.6) is 11.5 Å². The highest BCUT2D eigenvalue weighted by Gasteiger charge is 2.21. The van der Waals surface area contributed by atoms with Gasteiger partial charge in [0.15, 0.2) is 0 Å². The maximum atomic E-state index is 13.0. The van der Waals surface area contributed by atoms with Gasteiger partial charge in [0.05, 0.1) is 41.9 Å². The number of nitrogens with one attached hydrogen (secondary N) is 2. The number of hydrogen-bond acceptors (Lipinski definition) is 4. The van der Waals surface area contributed by atoms with Gasteiger partial charge in [-0.15, -0.1) is 0 Å². The summed E-state index contributed by atoms with van der Waals surface area (Å²) >= 11 is 6.18. The predicted molar refractivity (Wildman–Crippen MR) is 130 cm³/mol. The lowest BCUT2D eigenvalue weighted by atomic mass is 10.0. The largest absolute Gasteiger partial charge is 0.494 e. The third-order valence-electron chi connectivity index (χ3n) is 4.85. The van der Waals surface area contributed by atoms with Crippen molar-refractivity contribution in [3.63, 3.8) is 0 Å². The van der Waals surface area contributed by atoms with Crippen molar-refractivity contribution in [2.45, 2.75) is 26.3 Å². The van der Waals surface area contributed by atoms with E-state index < -0.39 is 6.04 Å². The Balaban J connectivity index is 1.80. The van der Waals surface area contributed by atoms with Crippen molar-refractivity contribution in [2.75, 3.05) is 18.5 Å². The topological polar surface area (TPSA) is 76.7 Å². The van der Waals surface area contributed by atoms with Crippen LogP contribution < -0.4 is 20.1 Å². The highest BCUT2D eigenvalue weighted by Crippen LogP contribution is 2.30. The standard InChI is InChI=1S/C26H27ClN2O4/c1-3-32-19-14-15-24(33-4-2)23(16-19)28-25(30)17-22(18-10-6-5-7-11-18)29-26(31)20-12-8-9-13-21(20)27/h5-16,22H,3-4,17H2,1-2H3,(H,28,30)(H,29,31). The van der Waals surface area contributed by atoms with E-state index in [0.717, 1.165) is 5.56 Å². The van der Waals surface area contributed by atoms with Gasteiger partial charge in [0.25, 0.3) is 5.91 Å². The van der Waals surface area contributed by atoms with E-state index in [1.165, 1.54) is 0 Å². The number of ether oxygens (including phenoxy) is 2. The molecule has 1 unspecified atom stereocenters. The number of anilines is 1. The maximum Gasteiger partial charge on any atom is 0.253 e. The quantitative estimate of drug-likeness (QED) is 0.405. The second kappa shape index (κ2) is 11.9. The van der Waals surface area contributed by atoms with E-state index in [9.17, 15) is 9.59 Å². The first-order valence-corrected chi connectivity index (χ1v) is 11.2. The molecule has 0 aliphatic rings. The van der Waals surface area contributed by atoms with Crippen LogP contribution in [0.15, 0.2) is 72.8 Å². The van der Waals surface area contributed by atoms with E-state index in [1.54, 1.807) is 42.5 Å². The summed E-state index contributed by atoms with van der Waals surface area (Å²) < 4.78 is 11.2. The van der Waals surface area contributed by atoms with Crippen molar-refractivity contribution in [2.24, 2.45) is 0 Å². The molecule has 33 heavy (non-hydrogen) atoms. The van der Waals surface area contributed by atoms with Gasteiger partial charge in [0.2, 0.25) is 5.91 Å². The molecule has 0 fully saturated rings. The number of hydrogen-bond donors (Lipinski definition) is 2. The first kappa shape index (κ1) is 24.1. The van der Waals surface area contributed by atoms with Gasteiger partial charge in [-0.25, -0.2) is 0 Å². The number of carbonyl (C=O) groups excluding carboxylic acids is 2. The molecule has 0 aliphatic heterocycles. The number of halogens is 1. The van der Waals surface area contributed by atoms with Crippen LogP contribution in [0.25, 0.3) is 0 Å². The number of carbonyl (C=O) groups is 2. The van der Waals surface area contributed by atoms with Gasteiger partial charge in [-0.2, -0.15) is 0 Å². The minimum Gasteiger partial charge on any atom is -0.494 e. The Labute approximate surface area is 198 Å². The fraction of sp³-hybridized carbons (Fsp3) is 0.231. The molecule has 1 atom stereocenters. The summed E-state index contributed by atoms with van der Waals surface area (Å²) in [5.74, 6) is 0.544. The average Bonchev–Trinajstić information content (AvgIpc) is 2.81. The van der Waals surface area contributed by atoms with E-state index >= 15 is 0 Å². The Morgan fingerprint density at radius 3 is 2.30 bits per heavy atom. The van der Waals surface area contributed by atoms with Crippen molar-refractivity contribution >= 4 is 29.1 Å². The summed E-state index contributed by atoms with van der Waals surface area (Å²) in [6.45, 7) is 4.72. The van der Waals surface area contributed by atoms with Gasteiger partial charge in [-0.05, 0) is 43.7 Å². The molecule has 0 aliphatic carbocycles. The summed E-state index contributed by atoms with van der Waals surface area (Å²) in [7, 11) is 0. The van der Waals surface area contributed by atoms with E-state index in [0.29, 0.717) is 41.0 Å². The Morgan fingerprint density at radius 2 is 1.61 bits per heavy atom. The second-order valence-corrected chi connectivity index (χ2v) is 7.60. The summed E-state index contributed by atoms with van der Waals surface area (Å²) in [5.41, 5.74) is 1.67. The summed E-state index contributed by atoms with van der Waals surface area (Å²) in [6.07, 6.45) is 0.0185. The van der Waals surface area contributed by atoms with Gasteiger partial charge in [0, 0.05) is 6.07 Å². The first-order chi connectivity index (χ1) is 16.0. The van der Waals surface area contributed by atoms with Crippen molar-refractivity contribution in [1.82, 2.24) is 5.32 Å². The normalized spacial score (nSPS) is 11.4. The minimum absolute atomic E-state index is 0.0185. The van der Waals surface area contributed by atoms with Crippen LogP contribution in [0.4, 0.5) is 5.69 Å². The lowest BCUT2D eigenvalue weighted by molar-refractivity contribution is -0.116. The molecule has 2 N–H and O–H groups in total. The van der Waals surface area contributed by atoms with Gasteiger partial charge < -0.3 is 20.1 Å². The van der Waals surface area contributed by atoms with Crippen LogP contribution >= 0.6 is 11.6 Å². The van der Waals surface area contributed by atoms with Crippen molar-refractivity contribution < 1.29 is 19.1 Å². The zero-order valence-electron chi connectivity index (χ0n) is 18.6. The Kier molecular flexibility index (Phi) is 8.72. The minimum atomic E-state index is -0.555. The average molecular weight is 467 g/mol. The molecule has 0 aromatic heterocycles. The number of rotatable bonds is 10. The molecule has 0 radical (unpaired) electrons. The molecule has 7 heteroatoms. The Bertz CT molecular complexity index is 1090. The molecule has 0 saturated heterocycles. The second-order valence-electron chi connectivity index (χ2n) is 7.19. The lowest BCUT2D eigenvalue weighted by Gasteiger charge is -2.20. The van der Waals surface area contributed by atoms with Crippen molar-refractivity contribution in [3.05, 3.63) is 88.9 Å². The third kappa shape index (κ3) is 6.73. The SMILES string of the molecule is CCOc1ccc(OCC)c(NC(=O)CC(NC(=O)c2ccccc2Cl)c2ccccc2)c1. The summed E-state index contributed by atoms with van der Waals surface area (Å²) in [6, 6.07) is 20.9. The van der Waals surface area contributed by atoms with Gasteiger partial charge in [-0.1, -0.05) is 54.1 Å². The fourth-order valence-corrected chi connectivity index (χ4v) is 3.57. The van der Waals surface area contributed by atoms with Crippen LogP contribution in [0.1, 0.15) is 42.2 Å². The molecule has 3 aromatic carbocycles. The van der Waals surface area contributed by atoms with E-state index in [-0.39, 0.29) is 18.2 Å². The molecule has 0 heterocycles. The van der Waals surface area contributed by atoms with E-state index in [1.807, 2.05) is 44.2 Å².